The van der Waals surface area contributed by atoms with Crippen molar-refractivity contribution in [1.29, 1.82) is 0 Å². The standard InChI is InChI=1S/C19H15ClFN3O2/c1-11-3-2-4-12(7-11)18-22-19(26-23-18)13-8-17(25)24(10-13)16-6-5-14(20)9-15(16)21/h2-7,9,13H,8,10H2,1H3. The zero-order valence-electron chi connectivity index (χ0n) is 13.9. The summed E-state index contributed by atoms with van der Waals surface area (Å²) >= 11 is 5.78. The number of benzene rings is 2. The van der Waals surface area contributed by atoms with Gasteiger partial charge in [0, 0.05) is 23.6 Å². The SMILES string of the molecule is Cc1cccc(-c2noc(C3CC(=O)N(c4ccc(Cl)cc4F)C3)n2)c1. The molecule has 1 aliphatic rings. The summed E-state index contributed by atoms with van der Waals surface area (Å²) in [5.74, 6) is -0.133. The van der Waals surface area contributed by atoms with Gasteiger partial charge in [0.15, 0.2) is 0 Å². The maximum Gasteiger partial charge on any atom is 0.232 e. The molecule has 1 unspecified atom stereocenters. The van der Waals surface area contributed by atoms with E-state index in [1.54, 1.807) is 6.07 Å². The van der Waals surface area contributed by atoms with Gasteiger partial charge in [-0.05, 0) is 31.2 Å². The lowest BCUT2D eigenvalue weighted by atomic mass is 10.1. The molecule has 1 fully saturated rings. The molecule has 0 bridgehead atoms. The highest BCUT2D eigenvalue weighted by Crippen LogP contribution is 2.34. The first-order valence-electron chi connectivity index (χ1n) is 8.17. The van der Waals surface area contributed by atoms with E-state index in [2.05, 4.69) is 10.1 Å². The second-order valence-electron chi connectivity index (χ2n) is 6.33. The number of nitrogens with zero attached hydrogens (tertiary/aromatic N) is 3. The van der Waals surface area contributed by atoms with Crippen LogP contribution in [-0.2, 0) is 4.79 Å². The molecule has 0 N–H and O–H groups in total. The van der Waals surface area contributed by atoms with Gasteiger partial charge in [0.2, 0.25) is 17.6 Å². The zero-order chi connectivity index (χ0) is 18.3. The number of hydrogen-bond acceptors (Lipinski definition) is 4. The smallest absolute Gasteiger partial charge is 0.232 e. The molecule has 0 radical (unpaired) electrons. The van der Waals surface area contributed by atoms with Gasteiger partial charge in [0.1, 0.15) is 5.82 Å². The molecule has 2 heterocycles. The minimum Gasteiger partial charge on any atom is -0.339 e. The second kappa shape index (κ2) is 6.53. The van der Waals surface area contributed by atoms with Crippen LogP contribution in [0.15, 0.2) is 47.0 Å². The fraction of sp³-hybridized carbons (Fsp3) is 0.211. The molecule has 26 heavy (non-hydrogen) atoms. The molecule has 1 atom stereocenters. The molecule has 5 nitrogen and oxygen atoms in total. The first-order valence-corrected chi connectivity index (χ1v) is 8.55. The number of hydrogen-bond donors (Lipinski definition) is 0. The summed E-state index contributed by atoms with van der Waals surface area (Å²) in [6, 6.07) is 12.0. The second-order valence-corrected chi connectivity index (χ2v) is 6.76. The Morgan fingerprint density at radius 1 is 1.27 bits per heavy atom. The van der Waals surface area contributed by atoms with Crippen LogP contribution in [0, 0.1) is 12.7 Å². The summed E-state index contributed by atoms with van der Waals surface area (Å²) in [4.78, 5) is 18.2. The average molecular weight is 372 g/mol. The van der Waals surface area contributed by atoms with Crippen molar-refractivity contribution in [3.8, 4) is 11.4 Å². The van der Waals surface area contributed by atoms with Gasteiger partial charge >= 0.3 is 0 Å². The summed E-state index contributed by atoms with van der Waals surface area (Å²) in [6.07, 6.45) is 0.192. The van der Waals surface area contributed by atoms with Gasteiger partial charge in [-0.3, -0.25) is 4.79 Å². The molecular formula is C19H15ClFN3O2. The third-order valence-electron chi connectivity index (χ3n) is 4.39. The number of aryl methyl sites for hydroxylation is 1. The molecular weight excluding hydrogens is 357 g/mol. The van der Waals surface area contributed by atoms with E-state index in [1.807, 2.05) is 31.2 Å². The Bertz CT molecular complexity index is 988. The monoisotopic (exact) mass is 371 g/mol. The van der Waals surface area contributed by atoms with Crippen molar-refractivity contribution >= 4 is 23.2 Å². The number of anilines is 1. The fourth-order valence-electron chi connectivity index (χ4n) is 3.11. The van der Waals surface area contributed by atoms with E-state index in [4.69, 9.17) is 16.1 Å². The van der Waals surface area contributed by atoms with Crippen molar-refractivity contribution in [2.75, 3.05) is 11.4 Å². The molecule has 1 aromatic heterocycles. The van der Waals surface area contributed by atoms with E-state index in [-0.39, 0.29) is 35.5 Å². The van der Waals surface area contributed by atoms with Crippen molar-refractivity contribution in [3.05, 3.63) is 64.8 Å². The molecule has 132 valence electrons. The highest BCUT2D eigenvalue weighted by Gasteiger charge is 2.36. The minimum absolute atomic E-state index is 0.188. The average Bonchev–Trinajstić information content (AvgIpc) is 3.22. The van der Waals surface area contributed by atoms with Crippen molar-refractivity contribution in [1.82, 2.24) is 10.1 Å². The van der Waals surface area contributed by atoms with Gasteiger partial charge in [-0.15, -0.1) is 0 Å². The van der Waals surface area contributed by atoms with Crippen LogP contribution < -0.4 is 4.90 Å². The van der Waals surface area contributed by atoms with Gasteiger partial charge in [-0.25, -0.2) is 4.39 Å². The lowest BCUT2D eigenvalue weighted by Crippen LogP contribution is -2.25. The first-order chi connectivity index (χ1) is 12.5. The zero-order valence-corrected chi connectivity index (χ0v) is 14.7. The topological polar surface area (TPSA) is 59.2 Å². The molecule has 0 saturated carbocycles. The van der Waals surface area contributed by atoms with Gasteiger partial charge in [-0.2, -0.15) is 4.98 Å². The summed E-state index contributed by atoms with van der Waals surface area (Å²) in [5, 5.41) is 4.30. The predicted molar refractivity (Wildman–Crippen MR) is 95.6 cm³/mol. The third-order valence-corrected chi connectivity index (χ3v) is 4.63. The Hall–Kier alpha value is -2.73. The van der Waals surface area contributed by atoms with Gasteiger partial charge < -0.3 is 9.42 Å². The Morgan fingerprint density at radius 2 is 2.12 bits per heavy atom. The molecule has 1 aliphatic heterocycles. The number of rotatable bonds is 3. The lowest BCUT2D eigenvalue weighted by molar-refractivity contribution is -0.117. The molecule has 0 spiro atoms. The van der Waals surface area contributed by atoms with Crippen LogP contribution >= 0.6 is 11.6 Å². The molecule has 2 aromatic carbocycles. The number of carbonyl (C=O) groups excluding carboxylic acids is 1. The Labute approximate surface area is 154 Å². The van der Waals surface area contributed by atoms with E-state index < -0.39 is 5.82 Å². The number of aromatic nitrogens is 2. The Morgan fingerprint density at radius 3 is 2.88 bits per heavy atom. The van der Waals surface area contributed by atoms with Crippen LogP contribution in [0.2, 0.25) is 5.02 Å². The van der Waals surface area contributed by atoms with Gasteiger partial charge in [0.05, 0.1) is 11.6 Å². The third kappa shape index (κ3) is 3.08. The number of amides is 1. The maximum atomic E-state index is 14.1. The van der Waals surface area contributed by atoms with E-state index in [9.17, 15) is 9.18 Å². The van der Waals surface area contributed by atoms with Crippen LogP contribution in [-0.4, -0.2) is 22.6 Å². The summed E-state index contributed by atoms with van der Waals surface area (Å²) in [7, 11) is 0. The molecule has 4 rings (SSSR count). The van der Waals surface area contributed by atoms with Gasteiger partial charge in [-0.1, -0.05) is 40.5 Å². The molecule has 1 saturated heterocycles. The molecule has 1 amide bonds. The van der Waals surface area contributed by atoms with Crippen LogP contribution in [0.3, 0.4) is 0 Å². The highest BCUT2D eigenvalue weighted by molar-refractivity contribution is 6.30. The first kappa shape index (κ1) is 16.7. The van der Waals surface area contributed by atoms with E-state index in [0.717, 1.165) is 11.1 Å². The van der Waals surface area contributed by atoms with Crippen molar-refractivity contribution < 1.29 is 13.7 Å². The minimum atomic E-state index is -0.530. The fourth-order valence-corrected chi connectivity index (χ4v) is 3.27. The summed E-state index contributed by atoms with van der Waals surface area (Å²) in [5.41, 5.74) is 2.15. The summed E-state index contributed by atoms with van der Waals surface area (Å²) < 4.78 is 19.5. The van der Waals surface area contributed by atoms with E-state index in [0.29, 0.717) is 11.7 Å². The van der Waals surface area contributed by atoms with E-state index in [1.165, 1.54) is 17.0 Å². The van der Waals surface area contributed by atoms with Crippen LogP contribution in [0.25, 0.3) is 11.4 Å². The number of carbonyl (C=O) groups is 1. The number of halogens is 2. The molecule has 0 aliphatic carbocycles. The van der Waals surface area contributed by atoms with Crippen molar-refractivity contribution in [2.45, 2.75) is 19.3 Å². The maximum absolute atomic E-state index is 14.1. The molecule has 3 aromatic rings. The van der Waals surface area contributed by atoms with Crippen LogP contribution in [0.1, 0.15) is 23.8 Å². The van der Waals surface area contributed by atoms with Crippen molar-refractivity contribution in [3.63, 3.8) is 0 Å². The Balaban J connectivity index is 1.58. The normalized spacial score (nSPS) is 17.1. The quantitative estimate of drug-likeness (QED) is 0.686. The molecule has 7 heteroatoms. The van der Waals surface area contributed by atoms with E-state index >= 15 is 0 Å². The van der Waals surface area contributed by atoms with Crippen molar-refractivity contribution in [2.24, 2.45) is 0 Å². The lowest BCUT2D eigenvalue weighted by Gasteiger charge is -2.16. The van der Waals surface area contributed by atoms with Crippen LogP contribution in [0.5, 0.6) is 0 Å². The summed E-state index contributed by atoms with van der Waals surface area (Å²) in [6.45, 7) is 2.27. The largest absolute Gasteiger partial charge is 0.339 e. The predicted octanol–water partition coefficient (Wildman–Crippen LogP) is 4.36. The van der Waals surface area contributed by atoms with Gasteiger partial charge in [0.25, 0.3) is 0 Å². The highest BCUT2D eigenvalue weighted by atomic mass is 35.5. The van der Waals surface area contributed by atoms with Crippen LogP contribution in [0.4, 0.5) is 10.1 Å². The Kier molecular flexibility index (Phi) is 4.20.